The van der Waals surface area contributed by atoms with E-state index in [9.17, 15) is 0 Å². The predicted octanol–water partition coefficient (Wildman–Crippen LogP) is 1.97. The van der Waals surface area contributed by atoms with Gasteiger partial charge in [0.15, 0.2) is 0 Å². The minimum absolute atomic E-state index is 0.476. The van der Waals surface area contributed by atoms with Gasteiger partial charge in [0, 0.05) is 26.7 Å². The van der Waals surface area contributed by atoms with E-state index in [4.69, 9.17) is 0 Å². The third-order valence-corrected chi connectivity index (χ3v) is 4.46. The molecule has 0 amide bonds. The molecule has 2 aliphatic rings. The maximum absolute atomic E-state index is 4.56. The molecule has 3 rings (SSSR count). The Kier molecular flexibility index (Phi) is 3.40. The van der Waals surface area contributed by atoms with Gasteiger partial charge in [-0.25, -0.2) is 0 Å². The Hall–Kier alpha value is -1.59. The summed E-state index contributed by atoms with van der Waals surface area (Å²) in [4.78, 5) is 15.7. The first-order chi connectivity index (χ1) is 9.58. The molecule has 0 radical (unpaired) electrons. The summed E-state index contributed by atoms with van der Waals surface area (Å²) >= 11 is 0. The van der Waals surface area contributed by atoms with E-state index in [0.717, 1.165) is 31.5 Å². The molecule has 1 aromatic rings. The second-order valence-corrected chi connectivity index (χ2v) is 6.50. The van der Waals surface area contributed by atoms with Gasteiger partial charge in [0.05, 0.1) is 0 Å². The highest BCUT2D eigenvalue weighted by Crippen LogP contribution is 2.51. The number of nitrogens with one attached hydrogen (secondary N) is 2. The maximum Gasteiger partial charge on any atom is 0.231 e. The van der Waals surface area contributed by atoms with Crippen LogP contribution in [0, 0.1) is 11.3 Å². The average molecular weight is 276 g/mol. The smallest absolute Gasteiger partial charge is 0.231 e. The predicted molar refractivity (Wildman–Crippen MR) is 81.2 cm³/mol. The molecule has 1 saturated heterocycles. The highest BCUT2D eigenvalue weighted by molar-refractivity contribution is 5.44. The van der Waals surface area contributed by atoms with Crippen LogP contribution in [-0.2, 0) is 0 Å². The van der Waals surface area contributed by atoms with Gasteiger partial charge in [-0.05, 0) is 30.6 Å². The molecule has 1 aliphatic carbocycles. The van der Waals surface area contributed by atoms with E-state index in [2.05, 4.69) is 44.3 Å². The zero-order valence-corrected chi connectivity index (χ0v) is 12.6. The van der Waals surface area contributed by atoms with Crippen LogP contribution in [0.5, 0.6) is 0 Å². The molecular formula is C14H24N6. The van der Waals surface area contributed by atoms with Gasteiger partial charge in [-0.1, -0.05) is 13.8 Å². The molecule has 0 aromatic carbocycles. The highest BCUT2D eigenvalue weighted by Gasteiger charge is 2.45. The molecule has 110 valence electrons. The summed E-state index contributed by atoms with van der Waals surface area (Å²) < 4.78 is 0. The molecule has 1 atom stereocenters. The summed E-state index contributed by atoms with van der Waals surface area (Å²) in [7, 11) is 1.84. The van der Waals surface area contributed by atoms with E-state index >= 15 is 0 Å². The Bertz CT molecular complexity index is 481. The summed E-state index contributed by atoms with van der Waals surface area (Å²) in [5, 5.41) is 6.39. The first-order valence-corrected chi connectivity index (χ1v) is 7.51. The van der Waals surface area contributed by atoms with E-state index in [-0.39, 0.29) is 0 Å². The fourth-order valence-electron chi connectivity index (χ4n) is 2.75. The van der Waals surface area contributed by atoms with Crippen LogP contribution in [0.1, 0.15) is 33.1 Å². The Morgan fingerprint density at radius 1 is 1.15 bits per heavy atom. The standard InChI is InChI=1S/C14H24N6/c1-14(2)8-10(14)9-16-12-17-11(15-3)18-13(19-12)20-6-4-5-7-20/h10H,4-9H2,1-3H3,(H2,15,16,17,18,19). The first kappa shape index (κ1) is 13.4. The molecule has 1 unspecified atom stereocenters. The lowest BCUT2D eigenvalue weighted by molar-refractivity contribution is 0.572. The normalized spacial score (nSPS) is 23.8. The lowest BCUT2D eigenvalue weighted by Gasteiger charge is -2.16. The summed E-state index contributed by atoms with van der Waals surface area (Å²) in [5.41, 5.74) is 0.476. The van der Waals surface area contributed by atoms with Gasteiger partial charge in [-0.15, -0.1) is 0 Å². The Morgan fingerprint density at radius 3 is 2.40 bits per heavy atom. The van der Waals surface area contributed by atoms with Crippen molar-refractivity contribution in [2.75, 3.05) is 42.2 Å². The number of aromatic nitrogens is 3. The molecule has 2 fully saturated rings. The molecule has 0 spiro atoms. The van der Waals surface area contributed by atoms with Gasteiger partial charge < -0.3 is 15.5 Å². The highest BCUT2D eigenvalue weighted by atomic mass is 15.3. The fourth-order valence-corrected chi connectivity index (χ4v) is 2.75. The second-order valence-electron chi connectivity index (χ2n) is 6.50. The molecule has 1 aromatic heterocycles. The Morgan fingerprint density at radius 2 is 1.80 bits per heavy atom. The summed E-state index contributed by atoms with van der Waals surface area (Å²) in [6.07, 6.45) is 3.72. The summed E-state index contributed by atoms with van der Waals surface area (Å²) in [6.45, 7) is 7.65. The molecule has 6 nitrogen and oxygen atoms in total. The van der Waals surface area contributed by atoms with Gasteiger partial charge in [0.2, 0.25) is 17.8 Å². The van der Waals surface area contributed by atoms with Crippen LogP contribution in [0.2, 0.25) is 0 Å². The van der Waals surface area contributed by atoms with Crippen molar-refractivity contribution in [2.24, 2.45) is 11.3 Å². The third kappa shape index (κ3) is 2.78. The first-order valence-electron chi connectivity index (χ1n) is 7.51. The number of hydrogen-bond acceptors (Lipinski definition) is 6. The lowest BCUT2D eigenvalue weighted by atomic mass is 10.1. The van der Waals surface area contributed by atoms with Gasteiger partial charge in [-0.2, -0.15) is 15.0 Å². The van der Waals surface area contributed by atoms with Crippen LogP contribution in [0.4, 0.5) is 17.8 Å². The van der Waals surface area contributed by atoms with Crippen molar-refractivity contribution < 1.29 is 0 Å². The Labute approximate surface area is 120 Å². The molecular weight excluding hydrogens is 252 g/mol. The van der Waals surface area contributed by atoms with Gasteiger partial charge in [0.1, 0.15) is 0 Å². The van der Waals surface area contributed by atoms with Crippen LogP contribution in [0.25, 0.3) is 0 Å². The van der Waals surface area contributed by atoms with E-state index < -0.39 is 0 Å². The van der Waals surface area contributed by atoms with Crippen LogP contribution < -0.4 is 15.5 Å². The monoisotopic (exact) mass is 276 g/mol. The number of rotatable bonds is 5. The van der Waals surface area contributed by atoms with Crippen molar-refractivity contribution in [1.29, 1.82) is 0 Å². The Balaban J connectivity index is 1.70. The average Bonchev–Trinajstić information content (AvgIpc) is 2.84. The van der Waals surface area contributed by atoms with Gasteiger partial charge in [0.25, 0.3) is 0 Å². The number of nitrogens with zero attached hydrogens (tertiary/aromatic N) is 4. The van der Waals surface area contributed by atoms with E-state index in [1.54, 1.807) is 0 Å². The second kappa shape index (κ2) is 5.07. The zero-order chi connectivity index (χ0) is 14.2. The quantitative estimate of drug-likeness (QED) is 0.857. The molecule has 1 saturated carbocycles. The van der Waals surface area contributed by atoms with Crippen molar-refractivity contribution in [3.8, 4) is 0 Å². The number of hydrogen-bond donors (Lipinski definition) is 2. The van der Waals surface area contributed by atoms with E-state index in [0.29, 0.717) is 17.3 Å². The molecule has 2 N–H and O–H groups in total. The van der Waals surface area contributed by atoms with Crippen molar-refractivity contribution in [3.05, 3.63) is 0 Å². The maximum atomic E-state index is 4.56. The van der Waals surface area contributed by atoms with Crippen molar-refractivity contribution in [2.45, 2.75) is 33.1 Å². The number of anilines is 3. The van der Waals surface area contributed by atoms with Crippen molar-refractivity contribution in [3.63, 3.8) is 0 Å². The minimum atomic E-state index is 0.476. The lowest BCUT2D eigenvalue weighted by Crippen LogP contribution is -2.22. The van der Waals surface area contributed by atoms with Gasteiger partial charge >= 0.3 is 0 Å². The SMILES string of the molecule is CNc1nc(NCC2CC2(C)C)nc(N2CCCC2)n1. The molecule has 1 aliphatic heterocycles. The van der Waals surface area contributed by atoms with Crippen LogP contribution >= 0.6 is 0 Å². The van der Waals surface area contributed by atoms with Crippen LogP contribution in [0.3, 0.4) is 0 Å². The van der Waals surface area contributed by atoms with E-state index in [1.807, 2.05) is 7.05 Å². The van der Waals surface area contributed by atoms with E-state index in [1.165, 1.54) is 19.3 Å². The minimum Gasteiger partial charge on any atom is -0.357 e. The molecule has 0 bridgehead atoms. The van der Waals surface area contributed by atoms with Crippen LogP contribution in [-0.4, -0.2) is 41.6 Å². The summed E-state index contributed by atoms with van der Waals surface area (Å²) in [6, 6.07) is 0. The largest absolute Gasteiger partial charge is 0.357 e. The third-order valence-electron chi connectivity index (χ3n) is 4.46. The fraction of sp³-hybridized carbons (Fsp3) is 0.786. The zero-order valence-electron chi connectivity index (χ0n) is 12.6. The van der Waals surface area contributed by atoms with Crippen LogP contribution in [0.15, 0.2) is 0 Å². The van der Waals surface area contributed by atoms with Crippen molar-refractivity contribution in [1.82, 2.24) is 15.0 Å². The molecule has 2 heterocycles. The topological polar surface area (TPSA) is 66.0 Å². The van der Waals surface area contributed by atoms with Gasteiger partial charge in [-0.3, -0.25) is 0 Å². The van der Waals surface area contributed by atoms with Crippen molar-refractivity contribution >= 4 is 17.8 Å². The molecule has 6 heteroatoms. The molecule has 20 heavy (non-hydrogen) atoms. The summed E-state index contributed by atoms with van der Waals surface area (Å²) in [5.74, 6) is 2.85.